The van der Waals surface area contributed by atoms with E-state index in [0.717, 1.165) is 12.0 Å². The topological polar surface area (TPSA) is 52.3 Å². The Morgan fingerprint density at radius 1 is 1.56 bits per heavy atom. The summed E-state index contributed by atoms with van der Waals surface area (Å²) >= 11 is 3.24. The normalized spacial score (nSPS) is 12.4. The molecule has 0 aliphatic carbocycles. The Hall–Kier alpha value is -0.780. The Labute approximate surface area is 115 Å². The van der Waals surface area contributed by atoms with Crippen molar-refractivity contribution in [2.75, 3.05) is 13.7 Å². The zero-order valence-corrected chi connectivity index (χ0v) is 11.9. The predicted octanol–water partition coefficient (Wildman–Crippen LogP) is 2.45. The number of carbonyl (C=O) groups excluding carboxylic acids is 1. The van der Waals surface area contributed by atoms with Crippen molar-refractivity contribution < 1.29 is 13.9 Å². The van der Waals surface area contributed by atoms with E-state index in [1.165, 1.54) is 12.1 Å². The summed E-state index contributed by atoms with van der Waals surface area (Å²) in [6.45, 7) is 0.598. The molecular weight excluding hydrogens is 301 g/mol. The molecule has 1 rings (SSSR count). The van der Waals surface area contributed by atoms with Gasteiger partial charge >= 0.3 is 0 Å². The molecule has 100 valence electrons. The second-order valence-electron chi connectivity index (χ2n) is 4.12. The van der Waals surface area contributed by atoms with Crippen LogP contribution < -0.4 is 5.73 Å². The summed E-state index contributed by atoms with van der Waals surface area (Å²) in [5.41, 5.74) is 6.54. The fourth-order valence-electron chi connectivity index (χ4n) is 1.59. The lowest BCUT2D eigenvalue weighted by Crippen LogP contribution is -2.32. The van der Waals surface area contributed by atoms with Crippen LogP contribution >= 0.6 is 15.9 Å². The summed E-state index contributed by atoms with van der Waals surface area (Å²) in [6.07, 6.45) is 1.58. The number of rotatable bonds is 7. The molecule has 18 heavy (non-hydrogen) atoms. The summed E-state index contributed by atoms with van der Waals surface area (Å²) in [5.74, 6) is -0.374. The molecule has 1 aromatic carbocycles. The lowest BCUT2D eigenvalue weighted by Gasteiger charge is -2.11. The van der Waals surface area contributed by atoms with Crippen molar-refractivity contribution in [1.29, 1.82) is 0 Å². The van der Waals surface area contributed by atoms with Gasteiger partial charge in [-0.15, -0.1) is 0 Å². The van der Waals surface area contributed by atoms with Crippen LogP contribution in [0.5, 0.6) is 0 Å². The van der Waals surface area contributed by atoms with Crippen molar-refractivity contribution in [2.24, 2.45) is 5.73 Å². The first kappa shape index (κ1) is 15.3. The average molecular weight is 318 g/mol. The maximum Gasteiger partial charge on any atom is 0.153 e. The molecule has 0 saturated carbocycles. The van der Waals surface area contributed by atoms with Gasteiger partial charge in [-0.2, -0.15) is 0 Å². The second kappa shape index (κ2) is 7.61. The molecule has 0 bridgehead atoms. The van der Waals surface area contributed by atoms with Gasteiger partial charge in [-0.25, -0.2) is 4.39 Å². The monoisotopic (exact) mass is 317 g/mol. The smallest absolute Gasteiger partial charge is 0.153 e. The number of methoxy groups -OCH3 is 1. The molecule has 0 aliphatic heterocycles. The number of halogens is 2. The Bertz CT molecular complexity index is 412. The van der Waals surface area contributed by atoms with Gasteiger partial charge in [-0.05, 0) is 30.5 Å². The van der Waals surface area contributed by atoms with Gasteiger partial charge in [0.15, 0.2) is 5.78 Å². The van der Waals surface area contributed by atoms with Crippen LogP contribution in [0.15, 0.2) is 22.7 Å². The minimum atomic E-state index is -0.489. The van der Waals surface area contributed by atoms with Crippen LogP contribution in [0, 0.1) is 5.82 Å². The van der Waals surface area contributed by atoms with Crippen molar-refractivity contribution >= 4 is 21.7 Å². The molecule has 0 spiro atoms. The third-order valence-electron chi connectivity index (χ3n) is 2.66. The van der Waals surface area contributed by atoms with E-state index >= 15 is 0 Å². The number of hydrogen-bond acceptors (Lipinski definition) is 3. The highest BCUT2D eigenvalue weighted by atomic mass is 79.9. The summed E-state index contributed by atoms with van der Waals surface area (Å²) in [6, 6.07) is 3.79. The molecule has 0 aromatic heterocycles. The summed E-state index contributed by atoms with van der Waals surface area (Å²) in [7, 11) is 1.61. The molecule has 2 N–H and O–H groups in total. The first-order valence-corrected chi connectivity index (χ1v) is 6.55. The fraction of sp³-hybridized carbons (Fsp3) is 0.462. The predicted molar refractivity (Wildman–Crippen MR) is 71.9 cm³/mol. The highest BCUT2D eigenvalue weighted by molar-refractivity contribution is 9.10. The molecule has 5 heteroatoms. The first-order valence-electron chi connectivity index (χ1n) is 5.75. The number of Topliss-reactive ketones (excluding diaryl/α,β-unsaturated/α-hetero) is 1. The van der Waals surface area contributed by atoms with E-state index in [1.54, 1.807) is 13.2 Å². The fourth-order valence-corrected chi connectivity index (χ4v) is 2.08. The minimum Gasteiger partial charge on any atom is -0.385 e. The van der Waals surface area contributed by atoms with E-state index < -0.39 is 6.04 Å². The number of carbonyl (C=O) groups is 1. The van der Waals surface area contributed by atoms with Gasteiger partial charge in [0.2, 0.25) is 0 Å². The zero-order valence-electron chi connectivity index (χ0n) is 10.3. The quantitative estimate of drug-likeness (QED) is 0.786. The average Bonchev–Trinajstić information content (AvgIpc) is 2.32. The molecule has 0 aliphatic rings. The first-order chi connectivity index (χ1) is 8.54. The largest absolute Gasteiger partial charge is 0.385 e. The Morgan fingerprint density at radius 2 is 2.28 bits per heavy atom. The molecule has 3 nitrogen and oxygen atoms in total. The van der Waals surface area contributed by atoms with Crippen molar-refractivity contribution in [3.63, 3.8) is 0 Å². The van der Waals surface area contributed by atoms with Crippen LogP contribution in [0.4, 0.5) is 4.39 Å². The zero-order chi connectivity index (χ0) is 13.5. The lowest BCUT2D eigenvalue weighted by molar-refractivity contribution is -0.119. The SMILES string of the molecule is COCCCC(N)C(=O)Cc1ccc(F)cc1Br. The van der Waals surface area contributed by atoms with Crippen LogP contribution in [0.25, 0.3) is 0 Å². The second-order valence-corrected chi connectivity index (χ2v) is 4.97. The third-order valence-corrected chi connectivity index (χ3v) is 3.40. The van der Waals surface area contributed by atoms with Gasteiger partial charge in [0, 0.05) is 24.6 Å². The van der Waals surface area contributed by atoms with Gasteiger partial charge in [-0.3, -0.25) is 4.79 Å². The Balaban J connectivity index is 2.53. The number of hydrogen-bond donors (Lipinski definition) is 1. The number of ketones is 1. The third kappa shape index (κ3) is 4.84. The molecule has 1 unspecified atom stereocenters. The maximum absolute atomic E-state index is 12.9. The van der Waals surface area contributed by atoms with Gasteiger partial charge in [0.25, 0.3) is 0 Å². The molecule has 1 atom stereocenters. The van der Waals surface area contributed by atoms with E-state index in [9.17, 15) is 9.18 Å². The summed E-state index contributed by atoms with van der Waals surface area (Å²) in [4.78, 5) is 11.9. The molecule has 1 aromatic rings. The standard InChI is InChI=1S/C13H17BrFNO2/c1-18-6-2-3-12(16)13(17)7-9-4-5-10(15)8-11(9)14/h4-5,8,12H,2-3,6-7,16H2,1H3. The molecule has 0 amide bonds. The van der Waals surface area contributed by atoms with Gasteiger partial charge in [-0.1, -0.05) is 22.0 Å². The summed E-state index contributed by atoms with van der Waals surface area (Å²) in [5, 5.41) is 0. The van der Waals surface area contributed by atoms with Crippen molar-refractivity contribution in [1.82, 2.24) is 0 Å². The van der Waals surface area contributed by atoms with Crippen molar-refractivity contribution in [3.05, 3.63) is 34.1 Å². The van der Waals surface area contributed by atoms with E-state index in [2.05, 4.69) is 15.9 Å². The van der Waals surface area contributed by atoms with Crippen LogP contribution in [0.1, 0.15) is 18.4 Å². The van der Waals surface area contributed by atoms with Crippen LogP contribution in [0.3, 0.4) is 0 Å². The van der Waals surface area contributed by atoms with E-state index in [0.29, 0.717) is 17.5 Å². The Morgan fingerprint density at radius 3 is 2.89 bits per heavy atom. The molecule has 0 heterocycles. The highest BCUT2D eigenvalue weighted by Gasteiger charge is 2.15. The lowest BCUT2D eigenvalue weighted by atomic mass is 10.0. The van der Waals surface area contributed by atoms with Gasteiger partial charge in [0.05, 0.1) is 6.04 Å². The molecular formula is C13H17BrFNO2. The Kier molecular flexibility index (Phi) is 6.46. The molecule has 0 saturated heterocycles. The molecule has 0 radical (unpaired) electrons. The number of ether oxygens (including phenoxy) is 1. The van der Waals surface area contributed by atoms with E-state index in [-0.39, 0.29) is 18.0 Å². The van der Waals surface area contributed by atoms with E-state index in [1.807, 2.05) is 0 Å². The van der Waals surface area contributed by atoms with Gasteiger partial charge in [0.1, 0.15) is 5.82 Å². The number of nitrogens with two attached hydrogens (primary N) is 1. The van der Waals surface area contributed by atoms with Crippen molar-refractivity contribution in [2.45, 2.75) is 25.3 Å². The van der Waals surface area contributed by atoms with E-state index in [4.69, 9.17) is 10.5 Å². The summed E-state index contributed by atoms with van der Waals surface area (Å²) < 4.78 is 18.4. The van der Waals surface area contributed by atoms with Crippen LogP contribution in [-0.4, -0.2) is 25.5 Å². The molecule has 0 fully saturated rings. The highest BCUT2D eigenvalue weighted by Crippen LogP contribution is 2.19. The minimum absolute atomic E-state index is 0.0431. The van der Waals surface area contributed by atoms with Crippen molar-refractivity contribution in [3.8, 4) is 0 Å². The number of benzene rings is 1. The maximum atomic E-state index is 12.9. The van der Waals surface area contributed by atoms with Gasteiger partial charge < -0.3 is 10.5 Å². The van der Waals surface area contributed by atoms with Crippen LogP contribution in [0.2, 0.25) is 0 Å². The van der Waals surface area contributed by atoms with Crippen LogP contribution in [-0.2, 0) is 16.0 Å².